The summed E-state index contributed by atoms with van der Waals surface area (Å²) < 4.78 is 0. The van der Waals surface area contributed by atoms with Crippen LogP contribution < -0.4 is 11.5 Å². The van der Waals surface area contributed by atoms with Gasteiger partial charge in [-0.2, -0.15) is 0 Å². The van der Waals surface area contributed by atoms with E-state index in [4.69, 9.17) is 11.5 Å². The van der Waals surface area contributed by atoms with Crippen molar-refractivity contribution in [2.24, 2.45) is 17.6 Å². The van der Waals surface area contributed by atoms with Crippen molar-refractivity contribution in [3.05, 3.63) is 75.6 Å². The van der Waals surface area contributed by atoms with E-state index in [1.54, 1.807) is 30.3 Å². The first-order valence-electron chi connectivity index (χ1n) is 11.2. The summed E-state index contributed by atoms with van der Waals surface area (Å²) in [6, 6.07) is 9.93. The Morgan fingerprint density at radius 2 is 1.81 bits per heavy atom. The molecule has 1 amide bonds. The number of ketones is 2. The Hall–Kier alpha value is -4.55. The van der Waals surface area contributed by atoms with Gasteiger partial charge in [-0.3, -0.25) is 14.4 Å². The number of carbonyl (C=O) groups is 3. The van der Waals surface area contributed by atoms with Gasteiger partial charge in [-0.05, 0) is 54.7 Å². The van der Waals surface area contributed by atoms with Gasteiger partial charge < -0.3 is 31.9 Å². The summed E-state index contributed by atoms with van der Waals surface area (Å²) in [5, 5.41) is 43.6. The molecule has 2 aromatic carbocycles. The number of Topliss-reactive ketones (excluding diaryl/α,β-unsaturated/α-hetero) is 2. The smallest absolute Gasteiger partial charge is 0.255 e. The molecule has 2 aromatic rings. The van der Waals surface area contributed by atoms with Crippen LogP contribution in [0.4, 0.5) is 5.69 Å². The van der Waals surface area contributed by atoms with Crippen molar-refractivity contribution in [3.63, 3.8) is 0 Å². The lowest BCUT2D eigenvalue weighted by Crippen LogP contribution is -2.58. The number of aliphatic hydroxyl groups is 3. The summed E-state index contributed by atoms with van der Waals surface area (Å²) in [7, 11) is 0. The van der Waals surface area contributed by atoms with Gasteiger partial charge >= 0.3 is 0 Å². The number of fused-ring (bicyclic) bond motifs is 3. The van der Waals surface area contributed by atoms with Gasteiger partial charge in [0.15, 0.2) is 11.4 Å². The molecule has 182 valence electrons. The molecule has 9 heteroatoms. The molecule has 3 aliphatic carbocycles. The highest BCUT2D eigenvalue weighted by molar-refractivity contribution is 6.22. The summed E-state index contributed by atoms with van der Waals surface area (Å²) >= 11 is 0. The Balaban J connectivity index is 1.65. The topological polar surface area (TPSA) is 184 Å². The normalized spacial score (nSPS) is 24.9. The molecular weight excluding hydrogens is 464 g/mol. The number of amides is 1. The fraction of sp³-hybridized carbons (Fsp3) is 0.222. The molecule has 1 saturated carbocycles. The van der Waals surface area contributed by atoms with E-state index in [-0.39, 0.29) is 36.1 Å². The third kappa shape index (κ3) is 3.26. The zero-order valence-electron chi connectivity index (χ0n) is 18.9. The fourth-order valence-electron chi connectivity index (χ4n) is 5.49. The zero-order chi connectivity index (χ0) is 25.9. The second-order valence-electron chi connectivity index (χ2n) is 9.27. The van der Waals surface area contributed by atoms with Gasteiger partial charge in [-0.1, -0.05) is 17.9 Å². The zero-order valence-corrected chi connectivity index (χ0v) is 18.9. The molecule has 0 saturated heterocycles. The van der Waals surface area contributed by atoms with Crippen LogP contribution in [0.2, 0.25) is 0 Å². The van der Waals surface area contributed by atoms with E-state index in [0.29, 0.717) is 22.4 Å². The molecule has 0 heterocycles. The molecule has 0 aliphatic heterocycles. The number of rotatable bonds is 1. The molecule has 0 unspecified atom stereocenters. The van der Waals surface area contributed by atoms with Crippen LogP contribution in [0, 0.1) is 23.7 Å². The minimum absolute atomic E-state index is 0.00139. The van der Waals surface area contributed by atoms with Crippen molar-refractivity contribution in [2.75, 3.05) is 5.73 Å². The van der Waals surface area contributed by atoms with Crippen LogP contribution >= 0.6 is 0 Å². The van der Waals surface area contributed by atoms with E-state index in [1.165, 1.54) is 6.07 Å². The van der Waals surface area contributed by atoms with Crippen molar-refractivity contribution in [1.29, 1.82) is 0 Å². The van der Waals surface area contributed by atoms with Crippen LogP contribution in [-0.2, 0) is 20.8 Å². The molecule has 3 atom stereocenters. The predicted octanol–water partition coefficient (Wildman–Crippen LogP) is 1.41. The van der Waals surface area contributed by atoms with Crippen molar-refractivity contribution >= 4 is 28.9 Å². The maximum atomic E-state index is 13.5. The van der Waals surface area contributed by atoms with Gasteiger partial charge in [0.1, 0.15) is 22.8 Å². The number of nitrogens with two attached hydrogens (primary N) is 2. The molecule has 5 rings (SSSR count). The van der Waals surface area contributed by atoms with Gasteiger partial charge in [0.25, 0.3) is 5.91 Å². The second-order valence-corrected chi connectivity index (χ2v) is 9.27. The molecule has 3 aliphatic rings. The summed E-state index contributed by atoms with van der Waals surface area (Å²) in [6.45, 7) is 0. The quantitative estimate of drug-likeness (QED) is 0.198. The summed E-state index contributed by atoms with van der Waals surface area (Å²) in [5.41, 5.74) is 9.65. The Kier molecular flexibility index (Phi) is 5.16. The predicted molar refractivity (Wildman–Crippen MR) is 128 cm³/mol. The number of carbonyl (C=O) groups excluding carboxylic acids is 3. The molecule has 1 fully saturated rings. The van der Waals surface area contributed by atoms with Crippen LogP contribution in [0.3, 0.4) is 0 Å². The van der Waals surface area contributed by atoms with Gasteiger partial charge in [-0.25, -0.2) is 0 Å². The van der Waals surface area contributed by atoms with Gasteiger partial charge in [0, 0.05) is 34.7 Å². The number of benzene rings is 2. The van der Waals surface area contributed by atoms with E-state index < -0.39 is 52.0 Å². The van der Waals surface area contributed by atoms with E-state index in [9.17, 15) is 34.8 Å². The lowest BCUT2D eigenvalue weighted by Gasteiger charge is -2.46. The lowest BCUT2D eigenvalue weighted by molar-refractivity contribution is -0.147. The van der Waals surface area contributed by atoms with Gasteiger partial charge in [-0.15, -0.1) is 0 Å². The van der Waals surface area contributed by atoms with Crippen LogP contribution in [0.25, 0.3) is 5.76 Å². The van der Waals surface area contributed by atoms with Crippen LogP contribution in [0.5, 0.6) is 5.75 Å². The second kappa shape index (κ2) is 8.00. The highest BCUT2D eigenvalue weighted by Crippen LogP contribution is 2.52. The molecule has 9 nitrogen and oxygen atoms in total. The number of phenolic OH excluding ortho intramolecular Hbond substituents is 1. The molecule has 0 aromatic heterocycles. The lowest BCUT2D eigenvalue weighted by atomic mass is 9.59. The van der Waals surface area contributed by atoms with Crippen LogP contribution in [0.15, 0.2) is 53.3 Å². The molecular formula is C27H22N2O7. The Morgan fingerprint density at radius 3 is 2.50 bits per heavy atom. The first-order chi connectivity index (χ1) is 17.0. The third-order valence-corrected chi connectivity index (χ3v) is 7.18. The highest BCUT2D eigenvalue weighted by atomic mass is 16.3. The van der Waals surface area contributed by atoms with E-state index >= 15 is 0 Å². The molecule has 36 heavy (non-hydrogen) atoms. The van der Waals surface area contributed by atoms with Crippen molar-refractivity contribution in [2.45, 2.75) is 24.9 Å². The average Bonchev–Trinajstić information content (AvgIpc) is 2.80. The first kappa shape index (κ1) is 23.2. The molecule has 8 N–H and O–H groups in total. The van der Waals surface area contributed by atoms with Gasteiger partial charge in [0.05, 0.1) is 5.56 Å². The summed E-state index contributed by atoms with van der Waals surface area (Å²) in [6.07, 6.45) is -0.130. The monoisotopic (exact) mass is 486 g/mol. The largest absolute Gasteiger partial charge is 0.508 e. The Labute approximate surface area is 205 Å². The molecule has 0 bridgehead atoms. The standard InChI is InChI=1S/C27H22N2O7/c28-16-3-1-2-12(8-16)4-5-13-6-7-18(30)21-17(13)10-14-9-15-11-19(31)22(26(29)35)25(34)27(15,36)24(33)20(14)23(21)32/h1-3,6-8,14-15,30,32,34,36H,9-11,28H2,(H2,29,35)/t14-,15+,27+/m1/s1. The van der Waals surface area contributed by atoms with E-state index in [0.717, 1.165) is 0 Å². The van der Waals surface area contributed by atoms with Crippen molar-refractivity contribution < 1.29 is 34.8 Å². The average molecular weight is 486 g/mol. The van der Waals surface area contributed by atoms with Crippen LogP contribution in [0.1, 0.15) is 35.1 Å². The SMILES string of the molecule is NC(=O)C1=C(O)[C@@]2(O)C(=O)C3=C(O)c4c(O)ccc(C#Cc5cccc(N)c5)c4C[C@H]3C[C@H]2CC1=O. The van der Waals surface area contributed by atoms with Gasteiger partial charge in [0.2, 0.25) is 5.78 Å². The number of aliphatic hydroxyl groups excluding tert-OH is 2. The summed E-state index contributed by atoms with van der Waals surface area (Å²) in [5.74, 6) is -0.612. The maximum absolute atomic E-state index is 13.5. The number of hydrogen-bond acceptors (Lipinski definition) is 8. The van der Waals surface area contributed by atoms with E-state index in [2.05, 4.69) is 11.8 Å². The third-order valence-electron chi connectivity index (χ3n) is 7.18. The number of hydrogen-bond donors (Lipinski definition) is 6. The summed E-state index contributed by atoms with van der Waals surface area (Å²) in [4.78, 5) is 37.7. The number of nitrogen functional groups attached to an aromatic ring is 1. The minimum atomic E-state index is -2.59. The highest BCUT2D eigenvalue weighted by Gasteiger charge is 2.60. The number of anilines is 1. The number of primary amides is 1. The first-order valence-corrected chi connectivity index (χ1v) is 11.2. The Morgan fingerprint density at radius 1 is 1.06 bits per heavy atom. The molecule has 0 spiro atoms. The fourth-order valence-corrected chi connectivity index (χ4v) is 5.49. The Bertz CT molecular complexity index is 1510. The number of aromatic hydroxyl groups is 1. The van der Waals surface area contributed by atoms with E-state index in [1.807, 2.05) is 0 Å². The molecule has 0 radical (unpaired) electrons. The minimum Gasteiger partial charge on any atom is -0.508 e. The van der Waals surface area contributed by atoms with Crippen LogP contribution in [-0.4, -0.2) is 43.5 Å². The van der Waals surface area contributed by atoms with Crippen molar-refractivity contribution in [3.8, 4) is 17.6 Å². The number of phenols is 1. The maximum Gasteiger partial charge on any atom is 0.255 e. The van der Waals surface area contributed by atoms with Crippen molar-refractivity contribution in [1.82, 2.24) is 0 Å².